The van der Waals surface area contributed by atoms with Crippen molar-refractivity contribution in [3.8, 4) is 22.9 Å². The van der Waals surface area contributed by atoms with Crippen molar-refractivity contribution in [2.75, 3.05) is 19.5 Å². The fraction of sp³-hybridized carbons (Fsp3) is 0.182. The lowest BCUT2D eigenvalue weighted by molar-refractivity contribution is -0.116. The third kappa shape index (κ3) is 3.33. The molecule has 2 heterocycles. The summed E-state index contributed by atoms with van der Waals surface area (Å²) in [4.78, 5) is 24.3. The molecule has 1 aliphatic heterocycles. The molecule has 0 aliphatic carbocycles. The topological polar surface area (TPSA) is 110 Å². The molecule has 0 radical (unpaired) electrons. The van der Waals surface area contributed by atoms with Crippen LogP contribution in [-0.2, 0) is 4.79 Å². The maximum absolute atomic E-state index is 14.6. The number of hydrogen-bond donors (Lipinski definition) is 3. The number of aromatic carboxylic acids is 1. The first kappa shape index (κ1) is 20.3. The van der Waals surface area contributed by atoms with Crippen LogP contribution in [0, 0.1) is 5.82 Å². The molecule has 0 fully saturated rings. The van der Waals surface area contributed by atoms with Crippen molar-refractivity contribution in [3.63, 3.8) is 0 Å². The summed E-state index contributed by atoms with van der Waals surface area (Å²) in [5, 5.41) is 22.5. The Kier molecular flexibility index (Phi) is 5.02. The number of nitrogens with zero attached hydrogens (tertiary/aromatic N) is 1. The zero-order chi connectivity index (χ0) is 22.3. The maximum Gasteiger partial charge on any atom is 0.339 e. The van der Waals surface area contributed by atoms with Crippen molar-refractivity contribution >= 4 is 17.6 Å². The van der Waals surface area contributed by atoms with E-state index in [1.54, 1.807) is 18.2 Å². The van der Waals surface area contributed by atoms with E-state index in [-0.39, 0.29) is 40.6 Å². The standard InChI is InChI=1S/C22H19FN2O6/c1-30-16-7-11(8-17(31-2)21(16)27)12-9-18(26)24-19-13(22(28)29)10-25(20(12)19)15-6-4-3-5-14(15)23/h3-8,10,12,27H,9H2,1-2H3,(H,24,26)(H,28,29). The minimum atomic E-state index is -1.26. The van der Waals surface area contributed by atoms with Gasteiger partial charge in [0.25, 0.3) is 0 Å². The molecule has 0 spiro atoms. The lowest BCUT2D eigenvalue weighted by atomic mass is 9.87. The number of phenolic OH excluding ortho intramolecular Hbond substituents is 1. The lowest BCUT2D eigenvalue weighted by Crippen LogP contribution is -2.25. The maximum atomic E-state index is 14.6. The van der Waals surface area contributed by atoms with E-state index in [1.165, 1.54) is 43.2 Å². The van der Waals surface area contributed by atoms with E-state index in [0.29, 0.717) is 11.3 Å². The molecule has 3 aromatic rings. The molecular formula is C22H19FN2O6. The summed E-state index contributed by atoms with van der Waals surface area (Å²) < 4.78 is 26.5. The van der Waals surface area contributed by atoms with Crippen LogP contribution < -0.4 is 14.8 Å². The van der Waals surface area contributed by atoms with Gasteiger partial charge in [0.1, 0.15) is 11.4 Å². The van der Waals surface area contributed by atoms with Gasteiger partial charge in [0, 0.05) is 18.5 Å². The van der Waals surface area contributed by atoms with Gasteiger partial charge in [-0.05, 0) is 29.8 Å². The number of carbonyl (C=O) groups excluding carboxylic acids is 1. The summed E-state index contributed by atoms with van der Waals surface area (Å²) in [5.41, 5.74) is 1.02. The number of aromatic hydroxyl groups is 1. The fourth-order valence-corrected chi connectivity index (χ4v) is 3.87. The van der Waals surface area contributed by atoms with Crippen molar-refractivity contribution in [1.82, 2.24) is 4.57 Å². The SMILES string of the molecule is COc1cc(C2CC(=O)Nc3c(C(=O)O)cn(-c4ccccc4F)c32)cc(OC)c1O. The molecule has 1 aliphatic rings. The van der Waals surface area contributed by atoms with Gasteiger partial charge < -0.3 is 29.6 Å². The fourth-order valence-electron chi connectivity index (χ4n) is 3.87. The number of nitrogens with one attached hydrogen (secondary N) is 1. The van der Waals surface area contributed by atoms with E-state index in [2.05, 4.69) is 5.32 Å². The van der Waals surface area contributed by atoms with E-state index in [1.807, 2.05) is 0 Å². The Morgan fingerprint density at radius 2 is 1.84 bits per heavy atom. The van der Waals surface area contributed by atoms with Gasteiger partial charge in [0.15, 0.2) is 11.5 Å². The van der Waals surface area contributed by atoms with Crippen LogP contribution in [-0.4, -0.2) is 40.9 Å². The number of carbonyl (C=O) groups is 2. The highest BCUT2D eigenvalue weighted by Crippen LogP contribution is 2.46. The van der Waals surface area contributed by atoms with Gasteiger partial charge in [-0.3, -0.25) is 4.79 Å². The van der Waals surface area contributed by atoms with Gasteiger partial charge in [0.05, 0.1) is 31.3 Å². The summed E-state index contributed by atoms with van der Waals surface area (Å²) in [5.74, 6) is -2.79. The third-order valence-corrected chi connectivity index (χ3v) is 5.27. The number of anilines is 1. The number of hydrogen-bond acceptors (Lipinski definition) is 5. The van der Waals surface area contributed by atoms with Gasteiger partial charge in [-0.15, -0.1) is 0 Å². The number of ether oxygens (including phenoxy) is 2. The Balaban J connectivity index is 2.01. The Hall–Kier alpha value is -4.01. The number of phenols is 1. The second-order valence-corrected chi connectivity index (χ2v) is 7.01. The predicted octanol–water partition coefficient (Wildman–Crippen LogP) is 3.51. The average Bonchev–Trinajstić information content (AvgIpc) is 3.13. The number of benzene rings is 2. The van der Waals surface area contributed by atoms with Crippen LogP contribution >= 0.6 is 0 Å². The first-order valence-corrected chi connectivity index (χ1v) is 9.33. The molecule has 0 saturated heterocycles. The number of methoxy groups -OCH3 is 2. The van der Waals surface area contributed by atoms with Crippen molar-refractivity contribution in [1.29, 1.82) is 0 Å². The molecule has 0 saturated carbocycles. The Morgan fingerprint density at radius 3 is 2.42 bits per heavy atom. The molecule has 160 valence electrons. The van der Waals surface area contributed by atoms with Crippen molar-refractivity contribution < 1.29 is 33.7 Å². The highest BCUT2D eigenvalue weighted by atomic mass is 19.1. The molecule has 4 rings (SSSR count). The quantitative estimate of drug-likeness (QED) is 0.576. The van der Waals surface area contributed by atoms with Crippen LogP contribution in [0.25, 0.3) is 5.69 Å². The molecule has 2 aromatic carbocycles. The second-order valence-electron chi connectivity index (χ2n) is 7.01. The van der Waals surface area contributed by atoms with Crippen LogP contribution in [0.5, 0.6) is 17.2 Å². The van der Waals surface area contributed by atoms with Gasteiger partial charge in [-0.2, -0.15) is 0 Å². The molecule has 1 aromatic heterocycles. The molecule has 1 unspecified atom stereocenters. The molecule has 31 heavy (non-hydrogen) atoms. The number of aromatic nitrogens is 1. The third-order valence-electron chi connectivity index (χ3n) is 5.27. The van der Waals surface area contributed by atoms with Crippen molar-refractivity contribution in [3.05, 3.63) is 65.2 Å². The number of para-hydroxylation sites is 1. The normalized spacial score (nSPS) is 15.2. The van der Waals surface area contributed by atoms with E-state index in [0.717, 1.165) is 0 Å². The zero-order valence-electron chi connectivity index (χ0n) is 16.7. The van der Waals surface area contributed by atoms with Gasteiger partial charge in [0.2, 0.25) is 11.7 Å². The molecule has 0 bridgehead atoms. The highest BCUT2D eigenvalue weighted by molar-refractivity contribution is 6.04. The van der Waals surface area contributed by atoms with Crippen molar-refractivity contribution in [2.45, 2.75) is 12.3 Å². The zero-order valence-corrected chi connectivity index (χ0v) is 16.7. The van der Waals surface area contributed by atoms with E-state index in [4.69, 9.17) is 9.47 Å². The summed E-state index contributed by atoms with van der Waals surface area (Å²) in [6.45, 7) is 0. The monoisotopic (exact) mass is 426 g/mol. The summed E-state index contributed by atoms with van der Waals surface area (Å²) in [7, 11) is 2.75. The van der Waals surface area contributed by atoms with Crippen molar-refractivity contribution in [2.24, 2.45) is 0 Å². The lowest BCUT2D eigenvalue weighted by Gasteiger charge is -2.27. The van der Waals surface area contributed by atoms with E-state index in [9.17, 15) is 24.2 Å². The summed E-state index contributed by atoms with van der Waals surface area (Å²) >= 11 is 0. The largest absolute Gasteiger partial charge is 0.502 e. The van der Waals surface area contributed by atoms with Gasteiger partial charge in [-0.25, -0.2) is 9.18 Å². The smallest absolute Gasteiger partial charge is 0.339 e. The molecule has 1 atom stereocenters. The van der Waals surface area contributed by atoms with Gasteiger partial charge >= 0.3 is 5.97 Å². The average molecular weight is 426 g/mol. The second kappa shape index (κ2) is 7.67. The summed E-state index contributed by atoms with van der Waals surface area (Å²) in [6, 6.07) is 9.04. The first-order valence-electron chi connectivity index (χ1n) is 9.33. The minimum absolute atomic E-state index is 0.0262. The Labute approximate surface area is 176 Å². The number of carboxylic acid groups (broad SMARTS) is 1. The Bertz CT molecular complexity index is 1180. The van der Waals surface area contributed by atoms with Crippen LogP contribution in [0.2, 0.25) is 0 Å². The van der Waals surface area contributed by atoms with Crippen LogP contribution in [0.4, 0.5) is 10.1 Å². The van der Waals surface area contributed by atoms with Crippen LogP contribution in [0.3, 0.4) is 0 Å². The number of fused-ring (bicyclic) bond motifs is 1. The number of carboxylic acids is 1. The Morgan fingerprint density at radius 1 is 1.19 bits per heavy atom. The van der Waals surface area contributed by atoms with Crippen LogP contribution in [0.1, 0.15) is 34.0 Å². The molecule has 1 amide bonds. The molecule has 9 heteroatoms. The number of halogens is 1. The first-order chi connectivity index (χ1) is 14.8. The molecule has 8 nitrogen and oxygen atoms in total. The molecular weight excluding hydrogens is 407 g/mol. The van der Waals surface area contributed by atoms with E-state index < -0.39 is 23.6 Å². The number of amides is 1. The predicted molar refractivity (Wildman–Crippen MR) is 109 cm³/mol. The van der Waals surface area contributed by atoms with Gasteiger partial charge in [-0.1, -0.05) is 12.1 Å². The highest BCUT2D eigenvalue weighted by Gasteiger charge is 2.35. The van der Waals surface area contributed by atoms with E-state index >= 15 is 0 Å². The number of rotatable bonds is 5. The van der Waals surface area contributed by atoms with Crippen LogP contribution in [0.15, 0.2) is 42.6 Å². The molecule has 3 N–H and O–H groups in total. The summed E-state index contributed by atoms with van der Waals surface area (Å²) in [6.07, 6.45) is 1.26. The minimum Gasteiger partial charge on any atom is -0.502 e.